The zero-order chi connectivity index (χ0) is 24.2. The minimum absolute atomic E-state index is 0.0714. The molecule has 1 aliphatic heterocycles. The molecule has 0 spiro atoms. The van der Waals surface area contributed by atoms with Crippen LogP contribution in [0, 0.1) is 0 Å². The Labute approximate surface area is 203 Å². The average molecular weight is 471 g/mol. The first-order valence-electron chi connectivity index (χ1n) is 11.5. The van der Waals surface area contributed by atoms with Crippen molar-refractivity contribution in [2.45, 2.75) is 19.5 Å². The Bertz CT molecular complexity index is 1380. The Hall–Kier alpha value is -4.26. The van der Waals surface area contributed by atoms with Crippen LogP contribution in [0.3, 0.4) is 0 Å². The molecule has 3 aromatic carbocycles. The van der Waals surface area contributed by atoms with Crippen molar-refractivity contribution in [2.24, 2.45) is 0 Å². The molecular weight excluding hydrogens is 444 g/mol. The highest BCUT2D eigenvalue weighted by Gasteiger charge is 2.19. The number of ketones is 1. The lowest BCUT2D eigenvalue weighted by Crippen LogP contribution is -2.27. The Morgan fingerprint density at radius 2 is 1.69 bits per heavy atom. The number of carbonyl (C=O) groups is 2. The lowest BCUT2D eigenvalue weighted by atomic mass is 10.0. The molecule has 0 saturated heterocycles. The third-order valence-electron chi connectivity index (χ3n) is 6.01. The maximum atomic E-state index is 13.1. The standard InChI is InChI=1S/C28H26N2O5/c1-33-24-15-26-25(34-12-7-13-35-26)14-20(24)16-29-27(31)18-30-17-22(21-10-5-6-11-23(21)30)28(32)19-8-3-2-4-9-19/h2-6,8-11,14-15,17H,7,12-13,16,18H2,1H3,(H,29,31). The van der Waals surface area contributed by atoms with Gasteiger partial charge in [-0.15, -0.1) is 0 Å². The van der Waals surface area contributed by atoms with E-state index in [1.165, 1.54) is 0 Å². The Morgan fingerprint density at radius 1 is 0.971 bits per heavy atom. The van der Waals surface area contributed by atoms with Crippen molar-refractivity contribution in [3.05, 3.63) is 89.6 Å². The van der Waals surface area contributed by atoms with Crippen LogP contribution in [0.25, 0.3) is 10.9 Å². The van der Waals surface area contributed by atoms with E-state index in [4.69, 9.17) is 14.2 Å². The smallest absolute Gasteiger partial charge is 0.240 e. The van der Waals surface area contributed by atoms with Crippen molar-refractivity contribution < 1.29 is 23.8 Å². The van der Waals surface area contributed by atoms with E-state index in [9.17, 15) is 9.59 Å². The largest absolute Gasteiger partial charge is 0.496 e. The summed E-state index contributed by atoms with van der Waals surface area (Å²) >= 11 is 0. The number of nitrogens with one attached hydrogen (secondary N) is 1. The van der Waals surface area contributed by atoms with Gasteiger partial charge in [0, 0.05) is 52.8 Å². The molecule has 4 aromatic rings. The summed E-state index contributed by atoms with van der Waals surface area (Å²) in [5.74, 6) is 1.66. The molecule has 0 bridgehead atoms. The van der Waals surface area contributed by atoms with Crippen LogP contribution in [0.5, 0.6) is 17.2 Å². The van der Waals surface area contributed by atoms with E-state index in [0.717, 1.165) is 22.9 Å². The van der Waals surface area contributed by atoms with Crippen molar-refractivity contribution in [1.29, 1.82) is 0 Å². The van der Waals surface area contributed by atoms with Gasteiger partial charge in [0.05, 0.1) is 20.3 Å². The first-order chi connectivity index (χ1) is 17.1. The van der Waals surface area contributed by atoms with Gasteiger partial charge in [-0.25, -0.2) is 0 Å². The molecule has 1 aliphatic rings. The van der Waals surface area contributed by atoms with Crippen LogP contribution < -0.4 is 19.5 Å². The molecule has 0 fully saturated rings. The summed E-state index contributed by atoms with van der Waals surface area (Å²) in [5.41, 5.74) is 2.81. The maximum Gasteiger partial charge on any atom is 0.240 e. The van der Waals surface area contributed by atoms with Crippen LogP contribution >= 0.6 is 0 Å². The van der Waals surface area contributed by atoms with Gasteiger partial charge in [0.15, 0.2) is 17.3 Å². The average Bonchev–Trinajstić information content (AvgIpc) is 3.09. The molecule has 1 amide bonds. The van der Waals surface area contributed by atoms with Crippen LogP contribution in [0.15, 0.2) is 72.9 Å². The minimum Gasteiger partial charge on any atom is -0.496 e. The molecule has 0 atom stereocenters. The predicted octanol–water partition coefficient (Wildman–Crippen LogP) is 4.36. The number of hydrogen-bond donors (Lipinski definition) is 1. The van der Waals surface area contributed by atoms with Crippen LogP contribution in [-0.2, 0) is 17.9 Å². The molecule has 0 aliphatic carbocycles. The van der Waals surface area contributed by atoms with E-state index in [1.54, 1.807) is 31.5 Å². The number of hydrogen-bond acceptors (Lipinski definition) is 5. The molecule has 7 nitrogen and oxygen atoms in total. The van der Waals surface area contributed by atoms with Gasteiger partial charge in [0.2, 0.25) is 5.91 Å². The number of carbonyl (C=O) groups excluding carboxylic acids is 2. The fraction of sp³-hybridized carbons (Fsp3) is 0.214. The van der Waals surface area contributed by atoms with Crippen LogP contribution in [0.4, 0.5) is 0 Å². The molecule has 2 heterocycles. The molecule has 1 N–H and O–H groups in total. The Balaban J connectivity index is 1.35. The number of para-hydroxylation sites is 1. The number of benzene rings is 3. The van der Waals surface area contributed by atoms with Crippen molar-refractivity contribution in [2.75, 3.05) is 20.3 Å². The zero-order valence-electron chi connectivity index (χ0n) is 19.5. The fourth-order valence-corrected chi connectivity index (χ4v) is 4.27. The van der Waals surface area contributed by atoms with E-state index in [1.807, 2.05) is 53.1 Å². The van der Waals surface area contributed by atoms with E-state index in [0.29, 0.717) is 41.6 Å². The summed E-state index contributed by atoms with van der Waals surface area (Å²) < 4.78 is 18.8. The number of amides is 1. The van der Waals surface area contributed by atoms with E-state index in [2.05, 4.69) is 5.32 Å². The highest BCUT2D eigenvalue weighted by molar-refractivity contribution is 6.16. The molecule has 1 aromatic heterocycles. The number of ether oxygens (including phenoxy) is 3. The van der Waals surface area contributed by atoms with Gasteiger partial charge in [-0.3, -0.25) is 9.59 Å². The second-order valence-electron chi connectivity index (χ2n) is 8.32. The van der Waals surface area contributed by atoms with E-state index in [-0.39, 0.29) is 24.8 Å². The van der Waals surface area contributed by atoms with E-state index >= 15 is 0 Å². The third kappa shape index (κ3) is 4.71. The summed E-state index contributed by atoms with van der Waals surface area (Å²) in [7, 11) is 1.59. The second-order valence-corrected chi connectivity index (χ2v) is 8.32. The number of rotatable bonds is 7. The van der Waals surface area contributed by atoms with Gasteiger partial charge in [-0.2, -0.15) is 0 Å². The van der Waals surface area contributed by atoms with Gasteiger partial charge in [-0.05, 0) is 12.1 Å². The number of methoxy groups -OCH3 is 1. The highest BCUT2D eigenvalue weighted by Crippen LogP contribution is 2.36. The maximum absolute atomic E-state index is 13.1. The van der Waals surface area contributed by atoms with Gasteiger partial charge >= 0.3 is 0 Å². The normalized spacial score (nSPS) is 12.7. The monoisotopic (exact) mass is 470 g/mol. The van der Waals surface area contributed by atoms with Crippen molar-refractivity contribution in [1.82, 2.24) is 9.88 Å². The highest BCUT2D eigenvalue weighted by atomic mass is 16.5. The SMILES string of the molecule is COc1cc2c(cc1CNC(=O)Cn1cc(C(=O)c3ccccc3)c3ccccc31)OCCCO2. The summed E-state index contributed by atoms with van der Waals surface area (Å²) in [5, 5.41) is 3.78. The lowest BCUT2D eigenvalue weighted by molar-refractivity contribution is -0.121. The van der Waals surface area contributed by atoms with Gasteiger partial charge in [0.25, 0.3) is 0 Å². The minimum atomic E-state index is -0.182. The van der Waals surface area contributed by atoms with Gasteiger partial charge < -0.3 is 24.1 Å². The van der Waals surface area contributed by atoms with Crippen molar-refractivity contribution >= 4 is 22.6 Å². The van der Waals surface area contributed by atoms with Crippen LogP contribution in [-0.4, -0.2) is 36.6 Å². The topological polar surface area (TPSA) is 78.8 Å². The number of aromatic nitrogens is 1. The number of fused-ring (bicyclic) bond motifs is 2. The number of nitrogens with zero attached hydrogens (tertiary/aromatic N) is 1. The quantitative estimate of drug-likeness (QED) is 0.406. The first-order valence-corrected chi connectivity index (χ1v) is 11.5. The molecule has 35 heavy (non-hydrogen) atoms. The van der Waals surface area contributed by atoms with Crippen LogP contribution in [0.1, 0.15) is 27.9 Å². The fourth-order valence-electron chi connectivity index (χ4n) is 4.27. The molecule has 0 saturated carbocycles. The lowest BCUT2D eigenvalue weighted by Gasteiger charge is -2.14. The second kappa shape index (κ2) is 9.93. The molecule has 5 rings (SSSR count). The summed E-state index contributed by atoms with van der Waals surface area (Å²) in [6.45, 7) is 1.52. The van der Waals surface area contributed by atoms with Gasteiger partial charge in [-0.1, -0.05) is 48.5 Å². The third-order valence-corrected chi connectivity index (χ3v) is 6.01. The zero-order valence-corrected chi connectivity index (χ0v) is 19.5. The molecular formula is C28H26N2O5. The predicted molar refractivity (Wildman–Crippen MR) is 132 cm³/mol. The van der Waals surface area contributed by atoms with Crippen molar-refractivity contribution in [3.63, 3.8) is 0 Å². The Kier molecular flexibility index (Phi) is 6.39. The molecule has 178 valence electrons. The summed E-state index contributed by atoms with van der Waals surface area (Å²) in [4.78, 5) is 26.0. The van der Waals surface area contributed by atoms with Crippen LogP contribution in [0.2, 0.25) is 0 Å². The van der Waals surface area contributed by atoms with Crippen molar-refractivity contribution in [3.8, 4) is 17.2 Å². The summed E-state index contributed by atoms with van der Waals surface area (Å²) in [6, 6.07) is 20.4. The summed E-state index contributed by atoms with van der Waals surface area (Å²) in [6.07, 6.45) is 2.57. The first kappa shape index (κ1) is 22.5. The van der Waals surface area contributed by atoms with Gasteiger partial charge in [0.1, 0.15) is 12.3 Å². The van der Waals surface area contributed by atoms with E-state index < -0.39 is 0 Å². The molecule has 0 radical (unpaired) electrons. The Morgan fingerprint density at radius 3 is 2.46 bits per heavy atom. The molecule has 7 heteroatoms. The molecule has 0 unspecified atom stereocenters.